The molecular weight excluding hydrogens is 412 g/mol. The van der Waals surface area contributed by atoms with Gasteiger partial charge in [-0.05, 0) is 45.9 Å². The van der Waals surface area contributed by atoms with Crippen LogP contribution in [0.15, 0.2) is 35.4 Å². The van der Waals surface area contributed by atoms with Gasteiger partial charge in [0.25, 0.3) is 0 Å². The lowest BCUT2D eigenvalue weighted by atomic mass is 9.81. The molecule has 1 aromatic heterocycles. The first-order valence-corrected chi connectivity index (χ1v) is 10.5. The van der Waals surface area contributed by atoms with Gasteiger partial charge >= 0.3 is 5.54 Å². The Morgan fingerprint density at radius 3 is 2.38 bits per heavy atom. The number of aromatic nitrogens is 2. The van der Waals surface area contributed by atoms with Crippen molar-refractivity contribution in [3.8, 4) is 22.9 Å². The Bertz CT molecular complexity index is 1040. The summed E-state index contributed by atoms with van der Waals surface area (Å²) in [6.07, 6.45) is 2.95. The van der Waals surface area contributed by atoms with Gasteiger partial charge in [-0.25, -0.2) is 0 Å². The summed E-state index contributed by atoms with van der Waals surface area (Å²) in [5.41, 5.74) is 2.22. The van der Waals surface area contributed by atoms with Gasteiger partial charge in [0, 0.05) is 46.0 Å². The SMILES string of the molecule is CC1(C)CC(Oc2ccc(-c3ccc(C4([N+](=O)[O-])C=NNC4)cc3O)nn2)CC(C)(C)N1. The molecule has 3 N–H and O–H groups in total. The fraction of sp³-hybridized carbons (Fsp3) is 0.500. The summed E-state index contributed by atoms with van der Waals surface area (Å²) in [4.78, 5) is 11.2. The molecule has 0 spiro atoms. The highest BCUT2D eigenvalue weighted by molar-refractivity contribution is 5.75. The van der Waals surface area contributed by atoms with Crippen molar-refractivity contribution in [1.29, 1.82) is 0 Å². The molecular formula is C22H28N6O4. The zero-order valence-corrected chi connectivity index (χ0v) is 18.6. The van der Waals surface area contributed by atoms with Crippen molar-refractivity contribution >= 4 is 6.21 Å². The molecule has 1 unspecified atom stereocenters. The first kappa shape index (κ1) is 21.9. The van der Waals surface area contributed by atoms with Crippen LogP contribution in [0, 0.1) is 10.1 Å². The molecule has 2 aromatic rings. The number of aromatic hydroxyl groups is 1. The van der Waals surface area contributed by atoms with Crippen LogP contribution in [0.2, 0.25) is 0 Å². The second kappa shape index (κ2) is 7.70. The molecule has 10 nitrogen and oxygen atoms in total. The van der Waals surface area contributed by atoms with Gasteiger partial charge in [0.1, 0.15) is 24.6 Å². The number of piperidine rings is 1. The number of hydrazone groups is 1. The van der Waals surface area contributed by atoms with Crippen molar-refractivity contribution in [1.82, 2.24) is 20.9 Å². The van der Waals surface area contributed by atoms with Gasteiger partial charge in [0.05, 0.1) is 5.69 Å². The molecule has 0 saturated carbocycles. The highest BCUT2D eigenvalue weighted by Gasteiger charge is 2.46. The molecule has 2 aliphatic rings. The van der Waals surface area contributed by atoms with E-state index in [1.54, 1.807) is 24.3 Å². The van der Waals surface area contributed by atoms with Gasteiger partial charge in [0.2, 0.25) is 5.88 Å². The van der Waals surface area contributed by atoms with Crippen LogP contribution >= 0.6 is 0 Å². The summed E-state index contributed by atoms with van der Waals surface area (Å²) < 4.78 is 6.10. The van der Waals surface area contributed by atoms with Crippen LogP contribution in [0.1, 0.15) is 46.1 Å². The van der Waals surface area contributed by atoms with Gasteiger partial charge in [0.15, 0.2) is 0 Å². The molecule has 1 fully saturated rings. The van der Waals surface area contributed by atoms with E-state index in [4.69, 9.17) is 4.74 Å². The molecule has 0 radical (unpaired) electrons. The average molecular weight is 441 g/mol. The number of phenols is 1. The minimum absolute atomic E-state index is 0.00842. The summed E-state index contributed by atoms with van der Waals surface area (Å²) in [5.74, 6) is 0.303. The van der Waals surface area contributed by atoms with Crippen LogP contribution in [0.5, 0.6) is 11.6 Å². The van der Waals surface area contributed by atoms with E-state index in [9.17, 15) is 15.2 Å². The Kier molecular flexibility index (Phi) is 5.28. The molecule has 0 aliphatic carbocycles. The van der Waals surface area contributed by atoms with E-state index < -0.39 is 10.5 Å². The van der Waals surface area contributed by atoms with E-state index in [2.05, 4.69) is 53.7 Å². The average Bonchev–Trinajstić information content (AvgIpc) is 3.17. The Morgan fingerprint density at radius 1 is 1.12 bits per heavy atom. The topological polar surface area (TPSA) is 135 Å². The quantitative estimate of drug-likeness (QED) is 0.477. The monoisotopic (exact) mass is 440 g/mol. The Hall–Kier alpha value is -3.27. The normalized spacial score (nSPS) is 24.1. The second-order valence-corrected chi connectivity index (χ2v) is 9.80. The van der Waals surface area contributed by atoms with Crippen LogP contribution in [0.25, 0.3) is 11.3 Å². The third-order valence-corrected chi connectivity index (χ3v) is 5.90. The smallest absolute Gasteiger partial charge is 0.302 e. The van der Waals surface area contributed by atoms with Crippen molar-refractivity contribution < 1.29 is 14.8 Å². The number of rotatable bonds is 5. The van der Waals surface area contributed by atoms with Gasteiger partial charge < -0.3 is 20.6 Å². The summed E-state index contributed by atoms with van der Waals surface area (Å²) >= 11 is 0. The molecule has 3 heterocycles. The molecule has 32 heavy (non-hydrogen) atoms. The largest absolute Gasteiger partial charge is 0.507 e. The van der Waals surface area contributed by atoms with Gasteiger partial charge in [-0.15, -0.1) is 10.2 Å². The minimum atomic E-state index is -1.50. The molecule has 4 rings (SSSR count). The van der Waals surface area contributed by atoms with Crippen molar-refractivity contribution in [3.05, 3.63) is 46.0 Å². The molecule has 0 bridgehead atoms. The number of ether oxygens (including phenoxy) is 1. The maximum Gasteiger partial charge on any atom is 0.302 e. The third kappa shape index (κ3) is 4.22. The minimum Gasteiger partial charge on any atom is -0.507 e. The van der Waals surface area contributed by atoms with Crippen molar-refractivity contribution in [2.24, 2.45) is 5.10 Å². The number of phenolic OH excluding ortho intramolecular Hbond substituents is 1. The maximum atomic E-state index is 11.6. The predicted molar refractivity (Wildman–Crippen MR) is 119 cm³/mol. The van der Waals surface area contributed by atoms with Crippen LogP contribution in [-0.2, 0) is 5.54 Å². The van der Waals surface area contributed by atoms with Crippen molar-refractivity contribution in [3.63, 3.8) is 0 Å². The van der Waals surface area contributed by atoms with Crippen molar-refractivity contribution in [2.75, 3.05) is 6.54 Å². The molecule has 170 valence electrons. The number of nitrogens with zero attached hydrogens (tertiary/aromatic N) is 4. The summed E-state index contributed by atoms with van der Waals surface area (Å²) in [6, 6.07) is 8.02. The summed E-state index contributed by atoms with van der Waals surface area (Å²) in [6.45, 7) is 8.64. The predicted octanol–water partition coefficient (Wildman–Crippen LogP) is 2.60. The zero-order chi connectivity index (χ0) is 23.1. The molecule has 1 saturated heterocycles. The van der Waals surface area contributed by atoms with Gasteiger partial charge in [-0.3, -0.25) is 10.1 Å². The summed E-state index contributed by atoms with van der Waals surface area (Å²) in [7, 11) is 0. The highest BCUT2D eigenvalue weighted by atomic mass is 16.6. The van der Waals surface area contributed by atoms with Crippen LogP contribution in [0.4, 0.5) is 0 Å². The van der Waals surface area contributed by atoms with Gasteiger partial charge in [-0.1, -0.05) is 6.07 Å². The summed E-state index contributed by atoms with van der Waals surface area (Å²) in [5, 5.41) is 38.0. The number of nitrogens with one attached hydrogen (secondary N) is 2. The number of nitro groups is 1. The molecule has 1 aromatic carbocycles. The third-order valence-electron chi connectivity index (χ3n) is 5.90. The molecule has 1 atom stereocenters. The number of benzene rings is 1. The van der Waals surface area contributed by atoms with Crippen LogP contribution in [0.3, 0.4) is 0 Å². The first-order valence-electron chi connectivity index (χ1n) is 10.5. The van der Waals surface area contributed by atoms with Crippen LogP contribution < -0.4 is 15.5 Å². The zero-order valence-electron chi connectivity index (χ0n) is 18.6. The van der Waals surface area contributed by atoms with E-state index in [-0.39, 0.29) is 29.5 Å². The van der Waals surface area contributed by atoms with E-state index in [1.807, 2.05) is 0 Å². The standard InChI is InChI=1S/C22H28N6O4/c1-20(2)10-15(11-21(3,4)27-20)32-19-8-7-17(25-26-19)16-6-5-14(9-18(16)29)22(28(30)31)12-23-24-13-22/h5-9,12,15,24,27,29H,10-11,13H2,1-4H3. The lowest BCUT2D eigenvalue weighted by Crippen LogP contribution is -2.60. The van der Waals surface area contributed by atoms with Crippen LogP contribution in [-0.4, -0.2) is 50.2 Å². The number of hydrogen-bond acceptors (Lipinski definition) is 9. The van der Waals surface area contributed by atoms with E-state index in [0.29, 0.717) is 22.7 Å². The fourth-order valence-electron chi connectivity index (χ4n) is 4.78. The Balaban J connectivity index is 1.52. The Morgan fingerprint density at radius 2 is 1.84 bits per heavy atom. The van der Waals surface area contributed by atoms with E-state index >= 15 is 0 Å². The Labute approximate surface area is 186 Å². The lowest BCUT2D eigenvalue weighted by molar-refractivity contribution is -0.550. The fourth-order valence-corrected chi connectivity index (χ4v) is 4.78. The van der Waals surface area contributed by atoms with E-state index in [1.165, 1.54) is 12.3 Å². The second-order valence-electron chi connectivity index (χ2n) is 9.80. The molecule has 10 heteroatoms. The van der Waals surface area contributed by atoms with E-state index in [0.717, 1.165) is 12.8 Å². The van der Waals surface area contributed by atoms with Crippen molar-refractivity contribution in [2.45, 2.75) is 63.3 Å². The molecule has 0 amide bonds. The number of hydrogen-bond donors (Lipinski definition) is 3. The maximum absolute atomic E-state index is 11.6. The first-order chi connectivity index (χ1) is 15.0. The highest BCUT2D eigenvalue weighted by Crippen LogP contribution is 2.35. The lowest BCUT2D eigenvalue weighted by Gasteiger charge is -2.46. The van der Waals surface area contributed by atoms with Gasteiger partial charge in [-0.2, -0.15) is 5.10 Å². The molecule has 2 aliphatic heterocycles.